The lowest BCUT2D eigenvalue weighted by molar-refractivity contribution is -0.143. The Morgan fingerprint density at radius 3 is 2.60 bits per heavy atom. The first-order chi connectivity index (χ1) is 14.6. The number of benzene rings is 2. The minimum Gasteiger partial charge on any atom is -0.481 e. The molecule has 1 fully saturated rings. The zero-order valence-electron chi connectivity index (χ0n) is 16.8. The van der Waals surface area contributed by atoms with Crippen molar-refractivity contribution in [3.8, 4) is 5.88 Å². The number of likely N-dealkylation sites (tertiary alicyclic amines) is 1. The molecule has 7 heteroatoms. The van der Waals surface area contributed by atoms with E-state index in [1.807, 2.05) is 47.1 Å². The van der Waals surface area contributed by atoms with Crippen molar-refractivity contribution in [3.63, 3.8) is 0 Å². The van der Waals surface area contributed by atoms with Crippen LogP contribution < -0.4 is 4.74 Å². The van der Waals surface area contributed by atoms with E-state index in [0.29, 0.717) is 19.0 Å². The minimum atomic E-state index is -0.668. The number of rotatable bonds is 8. The number of hydrogen-bond donors (Lipinski definition) is 1. The number of piperidine rings is 1. The number of aliphatic carboxylic acids is 1. The van der Waals surface area contributed by atoms with Crippen LogP contribution in [-0.4, -0.2) is 52.0 Å². The van der Waals surface area contributed by atoms with E-state index in [1.165, 1.54) is 0 Å². The van der Waals surface area contributed by atoms with Gasteiger partial charge in [0, 0.05) is 11.6 Å². The van der Waals surface area contributed by atoms with Crippen LogP contribution >= 0.6 is 11.6 Å². The number of halogens is 1. The van der Waals surface area contributed by atoms with Crippen molar-refractivity contribution in [2.75, 3.05) is 26.2 Å². The molecular formula is C23H26ClN3O3. The van der Waals surface area contributed by atoms with E-state index in [9.17, 15) is 4.79 Å². The van der Waals surface area contributed by atoms with Gasteiger partial charge >= 0.3 is 5.97 Å². The highest BCUT2D eigenvalue weighted by molar-refractivity contribution is 6.30. The topological polar surface area (TPSA) is 67.6 Å². The van der Waals surface area contributed by atoms with Crippen molar-refractivity contribution >= 4 is 28.5 Å². The Morgan fingerprint density at radius 2 is 1.87 bits per heavy atom. The molecule has 0 bridgehead atoms. The molecule has 0 unspecified atom stereocenters. The number of ether oxygens (including phenoxy) is 1. The number of fused-ring (bicyclic) bond motifs is 1. The van der Waals surface area contributed by atoms with Crippen molar-refractivity contribution in [1.82, 2.24) is 14.7 Å². The van der Waals surface area contributed by atoms with Gasteiger partial charge in [-0.2, -0.15) is 0 Å². The van der Waals surface area contributed by atoms with Gasteiger partial charge in [0.1, 0.15) is 0 Å². The summed E-state index contributed by atoms with van der Waals surface area (Å²) < 4.78 is 8.00. The number of carboxylic acids is 1. The summed E-state index contributed by atoms with van der Waals surface area (Å²) in [6, 6.07) is 15.9. The standard InChI is InChI=1S/C23H26ClN3O3/c24-19-8-6-17(7-9-19)16-27-21-5-2-1-4-20(21)22(25-27)30-15-3-12-26-13-10-18(11-14-26)23(28)29/h1-2,4-9,18H,3,10-16H2,(H,28,29). The maximum Gasteiger partial charge on any atom is 0.306 e. The number of para-hydroxylation sites is 1. The second-order valence-electron chi connectivity index (χ2n) is 7.76. The number of aromatic nitrogens is 2. The Hall–Kier alpha value is -2.57. The van der Waals surface area contributed by atoms with Crippen LogP contribution in [0.25, 0.3) is 10.9 Å². The molecule has 4 rings (SSSR count). The molecule has 1 aliphatic heterocycles. The second-order valence-corrected chi connectivity index (χ2v) is 8.20. The maximum absolute atomic E-state index is 11.1. The Labute approximate surface area is 181 Å². The lowest BCUT2D eigenvalue weighted by Gasteiger charge is -2.29. The Bertz CT molecular complexity index is 995. The number of hydrogen-bond acceptors (Lipinski definition) is 4. The van der Waals surface area contributed by atoms with Crippen LogP contribution in [0.15, 0.2) is 48.5 Å². The fraction of sp³-hybridized carbons (Fsp3) is 0.391. The van der Waals surface area contributed by atoms with Crippen LogP contribution in [0.5, 0.6) is 5.88 Å². The molecule has 0 radical (unpaired) electrons. The molecule has 3 aromatic rings. The molecule has 2 heterocycles. The predicted octanol–water partition coefficient (Wildman–Crippen LogP) is 4.30. The van der Waals surface area contributed by atoms with Crippen LogP contribution in [0, 0.1) is 5.92 Å². The van der Waals surface area contributed by atoms with Gasteiger partial charge < -0.3 is 14.7 Å². The van der Waals surface area contributed by atoms with Crippen LogP contribution in [0.4, 0.5) is 0 Å². The average molecular weight is 428 g/mol. The van der Waals surface area contributed by atoms with E-state index in [2.05, 4.69) is 11.0 Å². The summed E-state index contributed by atoms with van der Waals surface area (Å²) >= 11 is 5.99. The van der Waals surface area contributed by atoms with Crippen LogP contribution in [0.2, 0.25) is 5.02 Å². The molecule has 6 nitrogen and oxygen atoms in total. The molecule has 0 aliphatic carbocycles. The average Bonchev–Trinajstić information content (AvgIpc) is 3.11. The second kappa shape index (κ2) is 9.49. The van der Waals surface area contributed by atoms with Crippen molar-refractivity contribution in [2.24, 2.45) is 5.92 Å². The third-order valence-electron chi connectivity index (χ3n) is 5.66. The van der Waals surface area contributed by atoms with Gasteiger partial charge in [-0.25, -0.2) is 0 Å². The van der Waals surface area contributed by atoms with Gasteiger partial charge in [-0.05, 0) is 62.2 Å². The highest BCUT2D eigenvalue weighted by Gasteiger charge is 2.24. The smallest absolute Gasteiger partial charge is 0.306 e. The maximum atomic E-state index is 11.1. The van der Waals surface area contributed by atoms with E-state index in [0.717, 1.165) is 60.4 Å². The summed E-state index contributed by atoms with van der Waals surface area (Å²) in [5.74, 6) is -0.198. The highest BCUT2D eigenvalue weighted by Crippen LogP contribution is 2.26. The number of nitrogens with zero attached hydrogens (tertiary/aromatic N) is 3. The summed E-state index contributed by atoms with van der Waals surface area (Å²) in [6.45, 7) is 3.83. The summed E-state index contributed by atoms with van der Waals surface area (Å²) in [7, 11) is 0. The molecule has 1 aliphatic rings. The van der Waals surface area contributed by atoms with Gasteiger partial charge in [0.15, 0.2) is 0 Å². The van der Waals surface area contributed by atoms with Crippen LogP contribution in [0.3, 0.4) is 0 Å². The molecule has 0 atom stereocenters. The normalized spacial score (nSPS) is 15.5. The fourth-order valence-corrected chi connectivity index (χ4v) is 4.07. The number of carboxylic acid groups (broad SMARTS) is 1. The monoisotopic (exact) mass is 427 g/mol. The molecule has 0 spiro atoms. The third-order valence-corrected chi connectivity index (χ3v) is 5.92. The van der Waals surface area contributed by atoms with E-state index < -0.39 is 5.97 Å². The molecule has 1 N–H and O–H groups in total. The lowest BCUT2D eigenvalue weighted by atomic mass is 9.97. The quantitative estimate of drug-likeness (QED) is 0.543. The summed E-state index contributed by atoms with van der Waals surface area (Å²) in [4.78, 5) is 13.4. The minimum absolute atomic E-state index is 0.187. The first-order valence-electron chi connectivity index (χ1n) is 10.4. The Morgan fingerprint density at radius 1 is 1.13 bits per heavy atom. The van der Waals surface area contributed by atoms with Gasteiger partial charge in [-0.3, -0.25) is 9.48 Å². The van der Waals surface area contributed by atoms with Crippen molar-refractivity contribution < 1.29 is 14.6 Å². The van der Waals surface area contributed by atoms with E-state index in [4.69, 9.17) is 26.5 Å². The van der Waals surface area contributed by atoms with E-state index in [1.54, 1.807) is 0 Å². The first kappa shape index (κ1) is 20.7. The Balaban J connectivity index is 1.34. The highest BCUT2D eigenvalue weighted by atomic mass is 35.5. The molecule has 0 amide bonds. The van der Waals surface area contributed by atoms with Gasteiger partial charge in [-0.15, -0.1) is 5.10 Å². The lowest BCUT2D eigenvalue weighted by Crippen LogP contribution is -2.37. The first-order valence-corrected chi connectivity index (χ1v) is 10.8. The molecule has 158 valence electrons. The third kappa shape index (κ3) is 4.94. The largest absolute Gasteiger partial charge is 0.481 e. The molecule has 30 heavy (non-hydrogen) atoms. The summed E-state index contributed by atoms with van der Waals surface area (Å²) in [5.41, 5.74) is 2.17. The predicted molar refractivity (Wildman–Crippen MR) is 117 cm³/mol. The van der Waals surface area contributed by atoms with Gasteiger partial charge in [0.05, 0.1) is 30.0 Å². The molecule has 1 aromatic heterocycles. The van der Waals surface area contributed by atoms with Crippen LogP contribution in [-0.2, 0) is 11.3 Å². The van der Waals surface area contributed by atoms with Crippen LogP contribution in [0.1, 0.15) is 24.8 Å². The van der Waals surface area contributed by atoms with Crippen molar-refractivity contribution in [3.05, 3.63) is 59.1 Å². The summed E-state index contributed by atoms with van der Waals surface area (Å²) in [6.07, 6.45) is 2.35. The molecule has 1 saturated heterocycles. The van der Waals surface area contributed by atoms with E-state index in [-0.39, 0.29) is 5.92 Å². The number of carbonyl (C=O) groups is 1. The molecule has 2 aromatic carbocycles. The van der Waals surface area contributed by atoms with Gasteiger partial charge in [0.2, 0.25) is 5.88 Å². The fourth-order valence-electron chi connectivity index (χ4n) is 3.95. The zero-order chi connectivity index (χ0) is 20.9. The summed E-state index contributed by atoms with van der Waals surface area (Å²) in [5, 5.41) is 15.5. The Kier molecular flexibility index (Phi) is 6.55. The van der Waals surface area contributed by atoms with Gasteiger partial charge in [0.25, 0.3) is 0 Å². The van der Waals surface area contributed by atoms with Gasteiger partial charge in [-0.1, -0.05) is 35.9 Å². The molecular weight excluding hydrogens is 402 g/mol. The van der Waals surface area contributed by atoms with Crippen molar-refractivity contribution in [1.29, 1.82) is 0 Å². The molecule has 0 saturated carbocycles. The van der Waals surface area contributed by atoms with E-state index >= 15 is 0 Å². The zero-order valence-corrected chi connectivity index (χ0v) is 17.6. The van der Waals surface area contributed by atoms with Crippen molar-refractivity contribution in [2.45, 2.75) is 25.8 Å². The SMILES string of the molecule is O=C(O)C1CCN(CCCOc2nn(Cc3ccc(Cl)cc3)c3ccccc23)CC1.